The number of unbranched alkanes of at least 4 members (excludes halogenated alkanes) is 1. The fourth-order valence-corrected chi connectivity index (χ4v) is 5.85. The zero-order chi connectivity index (χ0) is 23.1. The van der Waals surface area contributed by atoms with Crippen LogP contribution in [0.3, 0.4) is 0 Å². The van der Waals surface area contributed by atoms with Crippen LogP contribution < -0.4 is 16.0 Å². The lowest BCUT2D eigenvalue weighted by Gasteiger charge is -2.40. The average molecular weight is 463 g/mol. The van der Waals surface area contributed by atoms with Crippen LogP contribution in [-0.4, -0.2) is 54.1 Å². The molecule has 2 aliphatic heterocycles. The third-order valence-corrected chi connectivity index (χ3v) is 8.23. The molecule has 0 aromatic heterocycles. The molecule has 0 aromatic carbocycles. The van der Waals surface area contributed by atoms with Crippen LogP contribution in [0.25, 0.3) is 0 Å². The molecule has 1 unspecified atom stereocenters. The van der Waals surface area contributed by atoms with Gasteiger partial charge in [0.15, 0.2) is 0 Å². The van der Waals surface area contributed by atoms with Gasteiger partial charge in [0, 0.05) is 31.4 Å². The molecule has 0 aromatic rings. The Labute approximate surface area is 201 Å². The Morgan fingerprint density at radius 1 is 1.28 bits per heavy atom. The van der Waals surface area contributed by atoms with Gasteiger partial charge in [0.05, 0.1) is 4.99 Å². The maximum absolute atomic E-state index is 13.8. The predicted octanol–water partition coefficient (Wildman–Crippen LogP) is 4.38. The van der Waals surface area contributed by atoms with E-state index < -0.39 is 0 Å². The molecule has 1 amide bonds. The molecule has 2 atom stereocenters. The number of hydrogen-bond acceptors (Lipinski definition) is 4. The van der Waals surface area contributed by atoms with Crippen molar-refractivity contribution in [3.63, 3.8) is 0 Å². The second-order valence-electron chi connectivity index (χ2n) is 11.0. The van der Waals surface area contributed by atoms with Crippen LogP contribution in [0.15, 0.2) is 12.3 Å². The summed E-state index contributed by atoms with van der Waals surface area (Å²) in [7, 11) is 0. The quantitative estimate of drug-likeness (QED) is 0.467. The fourth-order valence-electron chi connectivity index (χ4n) is 5.63. The molecule has 3 fully saturated rings. The molecule has 32 heavy (non-hydrogen) atoms. The van der Waals surface area contributed by atoms with Gasteiger partial charge < -0.3 is 20.9 Å². The van der Waals surface area contributed by atoms with Gasteiger partial charge in [0.1, 0.15) is 6.04 Å². The number of carbonyl (C=O) groups is 1. The number of rotatable bonds is 8. The Balaban J connectivity index is 1.55. The van der Waals surface area contributed by atoms with Crippen molar-refractivity contribution in [3.8, 4) is 0 Å². The van der Waals surface area contributed by atoms with E-state index in [0.29, 0.717) is 12.5 Å². The van der Waals surface area contributed by atoms with Crippen molar-refractivity contribution in [1.82, 2.24) is 20.9 Å². The number of amides is 1. The maximum atomic E-state index is 13.8. The number of thiocarbonyl (C=S) groups is 1. The number of allylic oxidation sites excluding steroid dienone is 1. The van der Waals surface area contributed by atoms with E-state index >= 15 is 0 Å². The summed E-state index contributed by atoms with van der Waals surface area (Å²) in [4.78, 5) is 16.6. The highest BCUT2D eigenvalue weighted by molar-refractivity contribution is 7.80. The first-order chi connectivity index (χ1) is 15.3. The van der Waals surface area contributed by atoms with E-state index in [-0.39, 0.29) is 23.4 Å². The molecule has 2 saturated heterocycles. The molecule has 182 valence electrons. The van der Waals surface area contributed by atoms with E-state index in [0.717, 1.165) is 62.6 Å². The molecule has 2 heterocycles. The first-order valence-electron chi connectivity index (χ1n) is 13.0. The summed E-state index contributed by atoms with van der Waals surface area (Å²) in [6.45, 7) is 14.4. The zero-order valence-electron chi connectivity index (χ0n) is 20.7. The van der Waals surface area contributed by atoms with Gasteiger partial charge in [0.25, 0.3) is 0 Å². The van der Waals surface area contributed by atoms with Gasteiger partial charge in [-0.1, -0.05) is 65.3 Å². The molecule has 0 spiro atoms. The van der Waals surface area contributed by atoms with Crippen molar-refractivity contribution in [1.29, 1.82) is 0 Å². The van der Waals surface area contributed by atoms with Crippen LogP contribution in [0.1, 0.15) is 85.0 Å². The fraction of sp³-hybridized carbons (Fsp3) is 0.846. The number of nitrogens with zero attached hydrogens (tertiary/aromatic N) is 1. The zero-order valence-corrected chi connectivity index (χ0v) is 21.5. The summed E-state index contributed by atoms with van der Waals surface area (Å²) < 4.78 is 0. The van der Waals surface area contributed by atoms with Gasteiger partial charge in [-0.25, -0.2) is 0 Å². The molecule has 3 rings (SSSR count). The highest BCUT2D eigenvalue weighted by Gasteiger charge is 2.41. The largest absolute Gasteiger partial charge is 0.387 e. The maximum Gasteiger partial charge on any atom is 0.245 e. The standard InChI is InChI=1S/C26H46N4OS/c1-5-6-10-20-15-21(16-20)19(2)28-17-22-11-9-14-30(22)25(31)24-26(3,4)12-7-8-13-27-18-23(32)29-24/h20-22,24,27-28H,2,5-18H2,1,3-4H3,(H,29,32)/t20?,21?,22-,24?/m1/s1. The lowest BCUT2D eigenvalue weighted by molar-refractivity contribution is -0.136. The summed E-state index contributed by atoms with van der Waals surface area (Å²) in [5.74, 6) is 1.73. The summed E-state index contributed by atoms with van der Waals surface area (Å²) >= 11 is 5.56. The van der Waals surface area contributed by atoms with E-state index in [1.807, 2.05) is 0 Å². The SMILES string of the molecule is C=C(NC[C@H]1CCCN1C(=O)C1NC(=S)CNCCCCC1(C)C)C1CC(CCCC)C1. The Kier molecular flexibility index (Phi) is 9.42. The van der Waals surface area contributed by atoms with Crippen LogP contribution >= 0.6 is 12.2 Å². The van der Waals surface area contributed by atoms with Crippen molar-refractivity contribution in [2.75, 3.05) is 26.2 Å². The third-order valence-electron chi connectivity index (χ3n) is 7.96. The molecule has 0 bridgehead atoms. The Bertz CT molecular complexity index is 658. The van der Waals surface area contributed by atoms with Crippen molar-refractivity contribution < 1.29 is 4.79 Å². The van der Waals surface area contributed by atoms with Gasteiger partial charge in [-0.05, 0) is 62.3 Å². The molecule has 3 aliphatic rings. The van der Waals surface area contributed by atoms with Gasteiger partial charge >= 0.3 is 0 Å². The highest BCUT2D eigenvalue weighted by Crippen LogP contribution is 2.40. The molecular formula is C26H46N4OS. The molecule has 1 saturated carbocycles. The van der Waals surface area contributed by atoms with Crippen molar-refractivity contribution in [2.24, 2.45) is 17.3 Å². The summed E-state index contributed by atoms with van der Waals surface area (Å²) in [6, 6.07) is -0.0143. The monoisotopic (exact) mass is 462 g/mol. The minimum absolute atomic E-state index is 0.123. The smallest absolute Gasteiger partial charge is 0.245 e. The van der Waals surface area contributed by atoms with E-state index in [1.54, 1.807) is 0 Å². The minimum atomic E-state index is -0.260. The normalized spacial score (nSPS) is 30.8. The molecule has 1 aliphatic carbocycles. The van der Waals surface area contributed by atoms with Gasteiger partial charge in [0.2, 0.25) is 5.91 Å². The summed E-state index contributed by atoms with van der Waals surface area (Å²) in [6.07, 6.45) is 12.0. The van der Waals surface area contributed by atoms with Gasteiger partial charge in [-0.3, -0.25) is 4.79 Å². The van der Waals surface area contributed by atoms with Crippen molar-refractivity contribution in [2.45, 2.75) is 97.1 Å². The van der Waals surface area contributed by atoms with E-state index in [1.165, 1.54) is 37.8 Å². The Hall–Kier alpha value is -1.14. The highest BCUT2D eigenvalue weighted by atomic mass is 32.1. The molecule has 5 nitrogen and oxygen atoms in total. The average Bonchev–Trinajstić information content (AvgIpc) is 3.19. The van der Waals surface area contributed by atoms with Crippen LogP contribution in [0.4, 0.5) is 0 Å². The van der Waals surface area contributed by atoms with Crippen LogP contribution in [0.2, 0.25) is 0 Å². The Morgan fingerprint density at radius 2 is 2.06 bits per heavy atom. The summed E-state index contributed by atoms with van der Waals surface area (Å²) in [5, 5.41) is 10.4. The van der Waals surface area contributed by atoms with E-state index in [4.69, 9.17) is 12.2 Å². The number of likely N-dealkylation sites (tertiary alicyclic amines) is 1. The number of nitrogens with one attached hydrogen (secondary N) is 3. The molecular weight excluding hydrogens is 416 g/mol. The number of carbonyl (C=O) groups excluding carboxylic acids is 1. The second-order valence-corrected chi connectivity index (χ2v) is 11.5. The minimum Gasteiger partial charge on any atom is -0.387 e. The predicted molar refractivity (Wildman–Crippen MR) is 138 cm³/mol. The lowest BCUT2D eigenvalue weighted by Crippen LogP contribution is -2.58. The lowest BCUT2D eigenvalue weighted by atomic mass is 9.71. The molecule has 6 heteroatoms. The van der Waals surface area contributed by atoms with Crippen molar-refractivity contribution in [3.05, 3.63) is 12.3 Å². The topological polar surface area (TPSA) is 56.4 Å². The second kappa shape index (κ2) is 11.8. The van der Waals surface area contributed by atoms with Crippen molar-refractivity contribution >= 4 is 23.1 Å². The summed E-state index contributed by atoms with van der Waals surface area (Å²) in [5.41, 5.74) is 1.06. The number of hydrogen-bond donors (Lipinski definition) is 3. The van der Waals surface area contributed by atoms with Gasteiger partial charge in [-0.15, -0.1) is 0 Å². The van der Waals surface area contributed by atoms with E-state index in [9.17, 15) is 4.79 Å². The third kappa shape index (κ3) is 6.69. The van der Waals surface area contributed by atoms with Crippen LogP contribution in [-0.2, 0) is 4.79 Å². The van der Waals surface area contributed by atoms with Crippen LogP contribution in [0, 0.1) is 17.3 Å². The first kappa shape index (κ1) is 25.5. The first-order valence-corrected chi connectivity index (χ1v) is 13.5. The van der Waals surface area contributed by atoms with Crippen LogP contribution in [0.5, 0.6) is 0 Å². The van der Waals surface area contributed by atoms with Gasteiger partial charge in [-0.2, -0.15) is 0 Å². The molecule has 0 radical (unpaired) electrons. The Morgan fingerprint density at radius 3 is 2.81 bits per heavy atom. The van der Waals surface area contributed by atoms with E-state index in [2.05, 4.69) is 48.2 Å². The molecule has 3 N–H and O–H groups in total.